The Morgan fingerprint density at radius 3 is 2.22 bits per heavy atom. The number of hydrogen-bond acceptors (Lipinski definition) is 4. The Morgan fingerprint density at radius 1 is 0.611 bits per heavy atom. The molecule has 0 radical (unpaired) electrons. The highest BCUT2D eigenvalue weighted by Crippen LogP contribution is 2.44. The van der Waals surface area contributed by atoms with Crippen LogP contribution >= 0.6 is 27.3 Å². The molecular formula is C31H20BrN3S. The zero-order chi connectivity index (χ0) is 24.1. The Balaban J connectivity index is 1.44. The van der Waals surface area contributed by atoms with Gasteiger partial charge in [-0.1, -0.05) is 64.5 Å². The standard InChI is InChI=1S/C31H20BrN3S/c32-25-12-6-14-29-31(25)30-24(11-5-13-28(30)36-29)20-7-4-10-22(17-20)35(21-8-2-1-3-9-21)23-15-16-26-27(18-23)34-19-33-26/h1-18H,19H2. The van der Waals surface area contributed by atoms with Crippen LogP contribution in [-0.4, -0.2) is 6.67 Å². The second kappa shape index (κ2) is 8.70. The van der Waals surface area contributed by atoms with Gasteiger partial charge in [-0.25, -0.2) is 0 Å². The lowest BCUT2D eigenvalue weighted by molar-refractivity contribution is 1.06. The van der Waals surface area contributed by atoms with E-state index in [-0.39, 0.29) is 0 Å². The molecule has 3 nitrogen and oxygen atoms in total. The van der Waals surface area contributed by atoms with E-state index >= 15 is 0 Å². The van der Waals surface area contributed by atoms with Crippen LogP contribution in [0.15, 0.2) is 124 Å². The highest BCUT2D eigenvalue weighted by atomic mass is 79.9. The van der Waals surface area contributed by atoms with Crippen molar-refractivity contribution < 1.29 is 0 Å². The van der Waals surface area contributed by atoms with Crippen molar-refractivity contribution in [1.82, 2.24) is 0 Å². The molecule has 0 saturated carbocycles. The van der Waals surface area contributed by atoms with Crippen LogP contribution in [0.3, 0.4) is 0 Å². The first-order valence-corrected chi connectivity index (χ1v) is 13.4. The highest BCUT2D eigenvalue weighted by Gasteiger charge is 2.17. The van der Waals surface area contributed by atoms with Crippen LogP contribution in [0.5, 0.6) is 0 Å². The van der Waals surface area contributed by atoms with E-state index in [2.05, 4.69) is 140 Å². The summed E-state index contributed by atoms with van der Waals surface area (Å²) in [5.74, 6) is 0. The monoisotopic (exact) mass is 545 g/mol. The van der Waals surface area contributed by atoms with E-state index in [9.17, 15) is 0 Å². The highest BCUT2D eigenvalue weighted by molar-refractivity contribution is 9.10. The van der Waals surface area contributed by atoms with Crippen LogP contribution in [0, 0.1) is 0 Å². The minimum Gasteiger partial charge on any atom is -0.310 e. The van der Waals surface area contributed by atoms with E-state index in [1.807, 2.05) is 11.3 Å². The van der Waals surface area contributed by atoms with Gasteiger partial charge in [0.2, 0.25) is 0 Å². The minimum atomic E-state index is 0.508. The van der Waals surface area contributed by atoms with Gasteiger partial charge in [0.25, 0.3) is 0 Å². The van der Waals surface area contributed by atoms with Crippen LogP contribution in [0.1, 0.15) is 0 Å². The molecular weight excluding hydrogens is 526 g/mol. The average Bonchev–Trinajstić information content (AvgIpc) is 3.54. The molecule has 36 heavy (non-hydrogen) atoms. The fourth-order valence-corrected chi connectivity index (χ4v) is 6.85. The van der Waals surface area contributed by atoms with Gasteiger partial charge in [0.1, 0.15) is 6.67 Å². The van der Waals surface area contributed by atoms with Crippen molar-refractivity contribution in [1.29, 1.82) is 0 Å². The van der Waals surface area contributed by atoms with E-state index in [0.717, 1.165) is 32.2 Å². The lowest BCUT2D eigenvalue weighted by Gasteiger charge is -2.26. The Morgan fingerprint density at radius 2 is 1.33 bits per heavy atom. The molecule has 2 heterocycles. The topological polar surface area (TPSA) is 28.0 Å². The number of anilines is 3. The van der Waals surface area contributed by atoms with E-state index in [1.54, 1.807) is 0 Å². The van der Waals surface area contributed by atoms with Gasteiger partial charge < -0.3 is 4.90 Å². The summed E-state index contributed by atoms with van der Waals surface area (Å²) in [5.41, 5.74) is 5.70. The largest absolute Gasteiger partial charge is 0.310 e. The predicted molar refractivity (Wildman–Crippen MR) is 154 cm³/mol. The van der Waals surface area contributed by atoms with Crippen LogP contribution in [-0.2, 0) is 0 Å². The molecule has 6 aromatic rings. The summed E-state index contributed by atoms with van der Waals surface area (Å²) in [5, 5.41) is 4.49. The molecule has 0 amide bonds. The van der Waals surface area contributed by atoms with Crippen molar-refractivity contribution in [2.75, 3.05) is 11.6 Å². The maximum absolute atomic E-state index is 4.56. The fraction of sp³-hybridized carbons (Fsp3) is 0.0323. The van der Waals surface area contributed by atoms with Gasteiger partial charge in [-0.05, 0) is 71.8 Å². The molecule has 172 valence electrons. The van der Waals surface area contributed by atoms with Crippen molar-refractivity contribution >= 4 is 64.5 Å². The third-order valence-electron chi connectivity index (χ3n) is 6.60. The van der Waals surface area contributed by atoms with Gasteiger partial charge in [-0.2, -0.15) is 0 Å². The second-order valence-electron chi connectivity index (χ2n) is 8.75. The smallest absolute Gasteiger partial charge is 0.130 e. The Hall–Kier alpha value is -3.80. The average molecular weight is 546 g/mol. The van der Waals surface area contributed by atoms with E-state index in [0.29, 0.717) is 6.67 Å². The second-order valence-corrected chi connectivity index (χ2v) is 10.7. The molecule has 1 aliphatic rings. The van der Waals surface area contributed by atoms with Gasteiger partial charge in [0, 0.05) is 41.7 Å². The quantitative estimate of drug-likeness (QED) is 0.219. The number of rotatable bonds is 4. The van der Waals surface area contributed by atoms with E-state index in [4.69, 9.17) is 0 Å². The van der Waals surface area contributed by atoms with Gasteiger partial charge in [-0.3, -0.25) is 9.98 Å². The summed E-state index contributed by atoms with van der Waals surface area (Å²) in [6, 6.07) is 38.7. The third-order valence-corrected chi connectivity index (χ3v) is 8.38. The summed E-state index contributed by atoms with van der Waals surface area (Å²) in [4.78, 5) is 11.3. The number of fused-ring (bicyclic) bond motifs is 4. The number of para-hydroxylation sites is 1. The summed E-state index contributed by atoms with van der Waals surface area (Å²) >= 11 is 5.65. The predicted octanol–water partition coefficient (Wildman–Crippen LogP) is 8.16. The van der Waals surface area contributed by atoms with Crippen LogP contribution < -0.4 is 15.6 Å². The van der Waals surface area contributed by atoms with Crippen molar-refractivity contribution in [3.8, 4) is 11.1 Å². The number of benzene rings is 5. The molecule has 0 bridgehead atoms. The summed E-state index contributed by atoms with van der Waals surface area (Å²) < 4.78 is 3.72. The zero-order valence-electron chi connectivity index (χ0n) is 19.2. The molecule has 0 fully saturated rings. The van der Waals surface area contributed by atoms with Gasteiger partial charge in [0.15, 0.2) is 0 Å². The lowest BCUT2D eigenvalue weighted by Crippen LogP contribution is -2.23. The molecule has 0 aliphatic carbocycles. The van der Waals surface area contributed by atoms with Crippen molar-refractivity contribution in [2.24, 2.45) is 9.98 Å². The molecule has 0 saturated heterocycles. The van der Waals surface area contributed by atoms with Gasteiger partial charge in [0.05, 0.1) is 10.7 Å². The molecule has 1 aromatic heterocycles. The molecule has 0 unspecified atom stereocenters. The lowest BCUT2D eigenvalue weighted by atomic mass is 9.98. The molecule has 5 aromatic carbocycles. The molecule has 0 spiro atoms. The SMILES string of the molecule is Brc1cccc2sc3cccc(-c4cccc(N(c5ccccc5)c5ccc6c(c5)=NCN=6)c4)c3c12. The van der Waals surface area contributed by atoms with Gasteiger partial charge >= 0.3 is 0 Å². The molecule has 7 rings (SSSR count). The van der Waals surface area contributed by atoms with E-state index in [1.165, 1.54) is 31.3 Å². The van der Waals surface area contributed by atoms with Crippen molar-refractivity contribution in [2.45, 2.75) is 0 Å². The third kappa shape index (κ3) is 3.55. The number of hydrogen-bond donors (Lipinski definition) is 0. The summed E-state index contributed by atoms with van der Waals surface area (Å²) in [7, 11) is 0. The van der Waals surface area contributed by atoms with Gasteiger partial charge in [-0.15, -0.1) is 11.3 Å². The number of nitrogens with zero attached hydrogens (tertiary/aromatic N) is 3. The Labute approximate surface area is 220 Å². The maximum Gasteiger partial charge on any atom is 0.130 e. The first-order valence-electron chi connectivity index (χ1n) is 11.8. The number of thiophene rings is 1. The Bertz CT molecular complexity index is 1890. The molecule has 0 atom stereocenters. The Kier molecular flexibility index (Phi) is 5.19. The van der Waals surface area contributed by atoms with E-state index < -0.39 is 0 Å². The molecule has 0 N–H and O–H groups in total. The summed E-state index contributed by atoms with van der Waals surface area (Å²) in [6.07, 6.45) is 0. The zero-order valence-corrected chi connectivity index (χ0v) is 21.6. The van der Waals surface area contributed by atoms with Crippen LogP contribution in [0.25, 0.3) is 31.3 Å². The van der Waals surface area contributed by atoms with Crippen molar-refractivity contribution in [3.05, 3.63) is 124 Å². The maximum atomic E-state index is 4.56. The molecule has 5 heteroatoms. The first-order chi connectivity index (χ1) is 17.8. The summed E-state index contributed by atoms with van der Waals surface area (Å²) in [6.45, 7) is 0.508. The van der Waals surface area contributed by atoms with Crippen molar-refractivity contribution in [3.63, 3.8) is 0 Å². The minimum absolute atomic E-state index is 0.508. The van der Waals surface area contributed by atoms with Crippen LogP contribution in [0.4, 0.5) is 17.1 Å². The first kappa shape index (κ1) is 21.5. The normalized spacial score (nSPS) is 12.4. The fourth-order valence-electron chi connectivity index (χ4n) is 5.00. The number of halogens is 1. The van der Waals surface area contributed by atoms with Crippen LogP contribution in [0.2, 0.25) is 0 Å². The molecule has 1 aliphatic heterocycles.